The fourth-order valence-corrected chi connectivity index (χ4v) is 14.6. The molecule has 6 nitrogen and oxygen atoms in total. The molecular weight excluding hydrogens is 1270 g/mol. The van der Waals surface area contributed by atoms with Gasteiger partial charge in [0, 0.05) is 76.3 Å². The molecule has 0 amide bonds. The predicted molar refractivity (Wildman–Crippen MR) is 421 cm³/mol. The average Bonchev–Trinajstić information content (AvgIpc) is 1.40. The van der Waals surface area contributed by atoms with Crippen LogP contribution in [0.2, 0.25) is 10.0 Å². The van der Waals surface area contributed by atoms with Crippen LogP contribution in [0.3, 0.4) is 0 Å². The van der Waals surface area contributed by atoms with Gasteiger partial charge in [0.05, 0.1) is 44.8 Å². The van der Waals surface area contributed by atoms with E-state index in [1.807, 2.05) is 78.9 Å². The molecule has 1 aliphatic carbocycles. The number of hydrogen-bond donors (Lipinski definition) is 0. The van der Waals surface area contributed by atoms with E-state index in [1.54, 1.807) is 6.07 Å². The van der Waals surface area contributed by atoms with Crippen LogP contribution in [0.25, 0.3) is 156 Å². The van der Waals surface area contributed by atoms with E-state index in [-0.39, 0.29) is 0 Å². The molecule has 0 saturated heterocycles. The van der Waals surface area contributed by atoms with Crippen molar-refractivity contribution >= 4 is 66.8 Å². The van der Waals surface area contributed by atoms with E-state index >= 15 is 0 Å². The van der Waals surface area contributed by atoms with Gasteiger partial charge in [-0.25, -0.2) is 19.9 Å². The first kappa shape index (κ1) is 62.0. The Labute approximate surface area is 596 Å². The third-order valence-corrected chi connectivity index (χ3v) is 19.3. The second-order valence-corrected chi connectivity index (χ2v) is 26.0. The summed E-state index contributed by atoms with van der Waals surface area (Å²) in [5.74, 6) is 1.25. The lowest BCUT2D eigenvalue weighted by Crippen LogP contribution is -2.02. The molecule has 0 spiro atoms. The number of hydrogen-bond acceptors (Lipinski definition) is 4. The summed E-state index contributed by atoms with van der Waals surface area (Å²) >= 11 is 12.5. The van der Waals surface area contributed by atoms with Crippen LogP contribution in [0.5, 0.6) is 0 Å². The third kappa shape index (κ3) is 12.6. The fraction of sp³-hybridized carbons (Fsp3) is 0.0108. The maximum absolute atomic E-state index is 6.25. The molecule has 101 heavy (non-hydrogen) atoms. The van der Waals surface area contributed by atoms with E-state index in [4.69, 9.17) is 43.1 Å². The molecule has 14 aromatic carbocycles. The molecule has 4 heterocycles. The van der Waals surface area contributed by atoms with Crippen LogP contribution in [0.15, 0.2) is 364 Å². The second-order valence-electron chi connectivity index (χ2n) is 25.2. The summed E-state index contributed by atoms with van der Waals surface area (Å²) in [5.41, 5.74) is 26.4. The zero-order chi connectivity index (χ0) is 67.6. The Morgan fingerprint density at radius 2 is 0.485 bits per heavy atom. The van der Waals surface area contributed by atoms with Gasteiger partial charge in [0.2, 0.25) is 0 Å². The van der Waals surface area contributed by atoms with Gasteiger partial charge in [-0.05, 0) is 124 Å². The highest BCUT2D eigenvalue weighted by molar-refractivity contribution is 6.35. The van der Waals surface area contributed by atoms with Crippen molar-refractivity contribution in [3.05, 3.63) is 385 Å². The lowest BCUT2D eigenvalue weighted by molar-refractivity contribution is 1.12. The highest BCUT2D eigenvalue weighted by Crippen LogP contribution is 2.41. The summed E-state index contributed by atoms with van der Waals surface area (Å²) in [6.07, 6.45) is 1.10. The Morgan fingerprint density at radius 3 is 0.842 bits per heavy atom. The summed E-state index contributed by atoms with van der Waals surface area (Å²) in [5, 5.41) is 5.97. The van der Waals surface area contributed by atoms with Gasteiger partial charge in [-0.2, -0.15) is 0 Å². The number of benzene rings is 14. The van der Waals surface area contributed by atoms with E-state index in [0.29, 0.717) is 21.7 Å². The summed E-state index contributed by atoms with van der Waals surface area (Å²) in [6.45, 7) is 0. The molecule has 8 heteroatoms. The molecule has 0 fully saturated rings. The Bertz CT molecular complexity index is 5750. The molecule has 0 unspecified atom stereocenters. The first-order valence-corrected chi connectivity index (χ1v) is 34.6. The molecular formula is C93H62Cl2N6. The predicted octanol–water partition coefficient (Wildman–Crippen LogP) is 25.0. The highest BCUT2D eigenvalue weighted by Gasteiger charge is 2.21. The van der Waals surface area contributed by atoms with Crippen LogP contribution in [0.4, 0.5) is 0 Å². The molecule has 19 rings (SSSR count). The fourth-order valence-electron chi connectivity index (χ4n) is 14.0. The Balaban J connectivity index is 0.000000140. The van der Waals surface area contributed by atoms with E-state index in [0.717, 1.165) is 102 Å². The number of para-hydroxylation sites is 4. The van der Waals surface area contributed by atoms with Gasteiger partial charge in [-0.15, -0.1) is 0 Å². The van der Waals surface area contributed by atoms with Gasteiger partial charge >= 0.3 is 0 Å². The number of fused-ring (bicyclic) bond motifs is 9. The third-order valence-electron chi connectivity index (χ3n) is 18.8. The molecule has 0 saturated carbocycles. The quantitative estimate of drug-likeness (QED) is 0.137. The Kier molecular flexibility index (Phi) is 16.8. The molecule has 1 aliphatic rings. The first-order valence-electron chi connectivity index (χ1n) is 33.8. The van der Waals surface area contributed by atoms with Crippen molar-refractivity contribution < 1.29 is 0 Å². The van der Waals surface area contributed by atoms with Gasteiger partial charge in [-0.1, -0.05) is 314 Å². The van der Waals surface area contributed by atoms with Gasteiger partial charge < -0.3 is 9.13 Å². The van der Waals surface area contributed by atoms with Gasteiger partial charge in [-0.3, -0.25) is 0 Å². The van der Waals surface area contributed by atoms with E-state index < -0.39 is 0 Å². The zero-order valence-electron chi connectivity index (χ0n) is 54.8. The van der Waals surface area contributed by atoms with Crippen molar-refractivity contribution in [2.24, 2.45) is 0 Å². The van der Waals surface area contributed by atoms with Crippen LogP contribution >= 0.6 is 23.2 Å². The summed E-state index contributed by atoms with van der Waals surface area (Å²) < 4.78 is 4.77. The van der Waals surface area contributed by atoms with Crippen molar-refractivity contribution in [2.75, 3.05) is 0 Å². The molecule has 0 aliphatic heterocycles. The van der Waals surface area contributed by atoms with E-state index in [1.165, 1.54) is 60.5 Å². The zero-order valence-corrected chi connectivity index (χ0v) is 56.3. The van der Waals surface area contributed by atoms with Crippen molar-refractivity contribution in [3.63, 3.8) is 0 Å². The molecule has 0 atom stereocenters. The summed E-state index contributed by atoms with van der Waals surface area (Å²) in [6, 6.07) is 127. The van der Waals surface area contributed by atoms with Crippen LogP contribution in [-0.2, 0) is 6.42 Å². The standard InChI is InChI=1S/C52H34N4.C28H18Cl2N2.C13H10/c1-3-15-35(16-4-1)36-27-29-38(30-28-36)47-34-46(37-17-5-2-6-18-37)53-52(54-47)39-31-40(55-48-23-11-7-19-42(48)43-20-8-12-24-49(43)55)33-41(32-39)56-50-25-13-9-21-44(50)45-22-10-14-26-51(45)56;29-24-15-23(16-25(30)17-24)28-31-26(21-9-5-2-6-10-21)18-27(32-28)22-13-11-20(12-14-22)19-7-3-1-4-8-19;1-3-7-12-10(5-1)9-11-6-2-4-8-13(11)12/h1-34H;1-18H;1-8H,9H2. The minimum atomic E-state index is 0.551. The van der Waals surface area contributed by atoms with E-state index in [9.17, 15) is 0 Å². The Morgan fingerprint density at radius 1 is 0.218 bits per heavy atom. The SMILES string of the molecule is Clc1cc(Cl)cc(-c2nc(-c3ccccc3)cc(-c3ccc(-c4ccccc4)cc3)n2)c1.c1ccc(-c2ccc(-c3cc(-c4ccccc4)nc(-c4cc(-n5c6ccccc6c6ccccc65)cc(-n5c6ccccc6c6ccccc65)c4)n3)cc2)cc1.c1ccc2c(c1)Cc1ccccc1-2. The lowest BCUT2D eigenvalue weighted by Gasteiger charge is -2.16. The largest absolute Gasteiger partial charge is 0.309 e. The lowest BCUT2D eigenvalue weighted by atomic mass is 10.0. The molecule has 0 radical (unpaired) electrons. The van der Waals surface area contributed by atoms with Crippen LogP contribution < -0.4 is 0 Å². The van der Waals surface area contributed by atoms with Gasteiger partial charge in [0.1, 0.15) is 0 Å². The number of halogens is 2. The van der Waals surface area contributed by atoms with E-state index in [2.05, 4.69) is 288 Å². The molecule has 0 bridgehead atoms. The number of nitrogens with zero attached hydrogens (tertiary/aromatic N) is 6. The maximum atomic E-state index is 6.25. The minimum Gasteiger partial charge on any atom is -0.309 e. The summed E-state index contributed by atoms with van der Waals surface area (Å²) in [7, 11) is 0. The number of aromatic nitrogens is 6. The van der Waals surface area contributed by atoms with Gasteiger partial charge in [0.25, 0.3) is 0 Å². The molecule has 0 N–H and O–H groups in total. The molecule has 478 valence electrons. The molecule has 4 aromatic heterocycles. The second kappa shape index (κ2) is 27.4. The van der Waals surface area contributed by atoms with Crippen LogP contribution in [-0.4, -0.2) is 29.1 Å². The van der Waals surface area contributed by atoms with Gasteiger partial charge in [0.15, 0.2) is 11.6 Å². The molecule has 18 aromatic rings. The maximum Gasteiger partial charge on any atom is 0.160 e. The normalized spacial score (nSPS) is 11.4. The average molecular weight is 1330 g/mol. The highest BCUT2D eigenvalue weighted by atomic mass is 35.5. The topological polar surface area (TPSA) is 61.4 Å². The van der Waals surface area contributed by atoms with Crippen molar-refractivity contribution in [1.82, 2.24) is 29.1 Å². The van der Waals surface area contributed by atoms with Crippen LogP contribution in [0, 0.1) is 0 Å². The van der Waals surface area contributed by atoms with Crippen molar-refractivity contribution in [3.8, 4) is 113 Å². The van der Waals surface area contributed by atoms with Crippen molar-refractivity contribution in [2.45, 2.75) is 6.42 Å². The monoisotopic (exact) mass is 1330 g/mol. The first-order chi connectivity index (χ1) is 49.9. The number of rotatable bonds is 10. The van der Waals surface area contributed by atoms with Crippen molar-refractivity contribution in [1.29, 1.82) is 0 Å². The van der Waals surface area contributed by atoms with Crippen LogP contribution in [0.1, 0.15) is 11.1 Å². The smallest absolute Gasteiger partial charge is 0.160 e. The summed E-state index contributed by atoms with van der Waals surface area (Å²) in [4.78, 5) is 20.4. The minimum absolute atomic E-state index is 0.551. The Hall–Kier alpha value is -12.6.